The van der Waals surface area contributed by atoms with Gasteiger partial charge in [0.2, 0.25) is 5.91 Å². The van der Waals surface area contributed by atoms with Crippen molar-refractivity contribution in [2.24, 2.45) is 0 Å². The summed E-state index contributed by atoms with van der Waals surface area (Å²) in [7, 11) is 1.60. The number of rotatable bonds is 5. The minimum absolute atomic E-state index is 0.124. The second-order valence-corrected chi connectivity index (χ2v) is 7.22. The summed E-state index contributed by atoms with van der Waals surface area (Å²) in [4.78, 5) is 17.1. The Morgan fingerprint density at radius 2 is 2.12 bits per heavy atom. The Morgan fingerprint density at radius 1 is 1.36 bits per heavy atom. The smallest absolute Gasteiger partial charge is 0.237 e. The number of pyridine rings is 1. The summed E-state index contributed by atoms with van der Waals surface area (Å²) >= 11 is 1.33. The average Bonchev–Trinajstić information content (AvgIpc) is 3.08. The number of aromatic nitrogens is 1. The van der Waals surface area contributed by atoms with Crippen LogP contribution in [0.15, 0.2) is 35.4 Å². The summed E-state index contributed by atoms with van der Waals surface area (Å²) < 4.78 is 5.11. The highest BCUT2D eigenvalue weighted by Crippen LogP contribution is 2.30. The molecule has 0 radical (unpaired) electrons. The lowest BCUT2D eigenvalue weighted by Gasteiger charge is -2.13. The first-order valence-corrected chi connectivity index (χ1v) is 9.03. The summed E-state index contributed by atoms with van der Waals surface area (Å²) in [5.41, 5.74) is 3.48. The van der Waals surface area contributed by atoms with Gasteiger partial charge in [-0.15, -0.1) is 0 Å². The number of methoxy groups -OCH3 is 1. The number of fused-ring (bicyclic) bond motifs is 1. The van der Waals surface area contributed by atoms with Crippen LogP contribution in [0, 0.1) is 11.3 Å². The molecule has 1 atom stereocenters. The normalized spacial score (nSPS) is 13.6. The molecule has 0 saturated heterocycles. The second kappa shape index (κ2) is 7.58. The Labute approximate surface area is 151 Å². The third-order valence-corrected chi connectivity index (χ3v) is 5.25. The van der Waals surface area contributed by atoms with Crippen molar-refractivity contribution in [1.29, 1.82) is 5.26 Å². The third kappa shape index (κ3) is 3.94. The van der Waals surface area contributed by atoms with Gasteiger partial charge in [0.1, 0.15) is 16.8 Å². The highest BCUT2D eigenvalue weighted by atomic mass is 32.2. The van der Waals surface area contributed by atoms with E-state index in [1.165, 1.54) is 11.8 Å². The van der Waals surface area contributed by atoms with Crippen LogP contribution in [0.2, 0.25) is 0 Å². The molecule has 0 fully saturated rings. The van der Waals surface area contributed by atoms with Crippen LogP contribution in [0.5, 0.6) is 5.75 Å². The molecule has 1 aromatic carbocycles. The van der Waals surface area contributed by atoms with Gasteiger partial charge in [0.15, 0.2) is 0 Å². The van der Waals surface area contributed by atoms with Crippen LogP contribution >= 0.6 is 11.8 Å². The number of amides is 1. The molecule has 1 aliphatic carbocycles. The minimum atomic E-state index is -0.360. The van der Waals surface area contributed by atoms with Crippen molar-refractivity contribution >= 4 is 23.4 Å². The maximum Gasteiger partial charge on any atom is 0.237 e. The SMILES string of the molecule is COc1ccc(NC(=O)C(C)Sc2nc3c(cc2C#N)CCC3)cc1. The number of carbonyl (C=O) groups is 1. The average molecular weight is 353 g/mol. The second-order valence-electron chi connectivity index (χ2n) is 5.89. The van der Waals surface area contributed by atoms with Crippen LogP contribution in [0.3, 0.4) is 0 Å². The number of carbonyl (C=O) groups excluding carboxylic acids is 1. The molecule has 2 aromatic rings. The third-order valence-electron chi connectivity index (χ3n) is 4.15. The van der Waals surface area contributed by atoms with E-state index in [-0.39, 0.29) is 11.2 Å². The topological polar surface area (TPSA) is 75.0 Å². The van der Waals surface area contributed by atoms with Gasteiger partial charge in [0.25, 0.3) is 0 Å². The molecular formula is C19H19N3O2S. The molecule has 1 unspecified atom stereocenters. The Hall–Kier alpha value is -2.52. The molecular weight excluding hydrogens is 334 g/mol. The van der Waals surface area contributed by atoms with Crippen LogP contribution in [-0.2, 0) is 17.6 Å². The summed E-state index contributed by atoms with van der Waals surface area (Å²) in [5.74, 6) is 0.614. The van der Waals surface area contributed by atoms with Crippen molar-refractivity contribution < 1.29 is 9.53 Å². The van der Waals surface area contributed by atoms with E-state index in [0.29, 0.717) is 16.3 Å². The standard InChI is InChI=1S/C19H19N3O2S/c1-12(18(23)21-15-6-8-16(24-2)9-7-15)25-19-14(11-20)10-13-4-3-5-17(13)22-19/h6-10,12H,3-5H2,1-2H3,(H,21,23). The van der Waals surface area contributed by atoms with Crippen LogP contribution in [0.4, 0.5) is 5.69 Å². The fraction of sp³-hybridized carbons (Fsp3) is 0.316. The number of hydrogen-bond acceptors (Lipinski definition) is 5. The number of aryl methyl sites for hydroxylation is 2. The molecule has 1 heterocycles. The number of thioether (sulfide) groups is 1. The zero-order valence-corrected chi connectivity index (χ0v) is 15.0. The monoisotopic (exact) mass is 353 g/mol. The lowest BCUT2D eigenvalue weighted by Crippen LogP contribution is -2.22. The number of anilines is 1. The maximum absolute atomic E-state index is 12.4. The first kappa shape index (κ1) is 17.3. The molecule has 3 rings (SSSR count). The van der Waals surface area contributed by atoms with Gasteiger partial charge in [-0.3, -0.25) is 4.79 Å². The quantitative estimate of drug-likeness (QED) is 0.832. The summed E-state index contributed by atoms with van der Waals surface area (Å²) in [6, 6.07) is 11.3. The minimum Gasteiger partial charge on any atom is -0.497 e. The van der Waals surface area contributed by atoms with Gasteiger partial charge >= 0.3 is 0 Å². The molecule has 5 nitrogen and oxygen atoms in total. The predicted molar refractivity (Wildman–Crippen MR) is 97.9 cm³/mol. The molecule has 0 spiro atoms. The zero-order valence-electron chi connectivity index (χ0n) is 14.2. The molecule has 25 heavy (non-hydrogen) atoms. The number of ether oxygens (including phenoxy) is 1. The van der Waals surface area contributed by atoms with Crippen LogP contribution in [-0.4, -0.2) is 23.3 Å². The Kier molecular flexibility index (Phi) is 5.25. The zero-order chi connectivity index (χ0) is 17.8. The van der Waals surface area contributed by atoms with Gasteiger partial charge in [-0.2, -0.15) is 5.26 Å². The van der Waals surface area contributed by atoms with E-state index < -0.39 is 0 Å². The molecule has 0 bridgehead atoms. The number of benzene rings is 1. The Balaban J connectivity index is 1.70. The lowest BCUT2D eigenvalue weighted by atomic mass is 10.2. The van der Waals surface area contributed by atoms with Crippen molar-refractivity contribution in [2.75, 3.05) is 12.4 Å². The molecule has 1 amide bonds. The molecule has 0 saturated carbocycles. The molecule has 1 aliphatic rings. The van der Waals surface area contributed by atoms with E-state index in [4.69, 9.17) is 4.74 Å². The van der Waals surface area contributed by atoms with E-state index in [1.54, 1.807) is 31.4 Å². The van der Waals surface area contributed by atoms with Crippen LogP contribution < -0.4 is 10.1 Å². The van der Waals surface area contributed by atoms with Crippen molar-refractivity contribution in [3.05, 3.63) is 47.2 Å². The predicted octanol–water partition coefficient (Wildman–Crippen LogP) is 3.57. The fourth-order valence-corrected chi connectivity index (χ4v) is 3.66. The van der Waals surface area contributed by atoms with Crippen LogP contribution in [0.25, 0.3) is 0 Å². The highest BCUT2D eigenvalue weighted by Gasteiger charge is 2.21. The summed E-state index contributed by atoms with van der Waals surface area (Å²) in [6.07, 6.45) is 3.01. The first-order valence-electron chi connectivity index (χ1n) is 8.15. The maximum atomic E-state index is 12.4. The molecule has 6 heteroatoms. The van der Waals surface area contributed by atoms with Gasteiger partial charge in [-0.25, -0.2) is 4.98 Å². The summed E-state index contributed by atoms with van der Waals surface area (Å²) in [5, 5.41) is 12.5. The molecule has 1 aromatic heterocycles. The van der Waals surface area contributed by atoms with Gasteiger partial charge in [-0.05, 0) is 62.1 Å². The van der Waals surface area contributed by atoms with Gasteiger partial charge in [0.05, 0.1) is 17.9 Å². The lowest BCUT2D eigenvalue weighted by molar-refractivity contribution is -0.115. The van der Waals surface area contributed by atoms with Gasteiger partial charge < -0.3 is 10.1 Å². The van der Waals surface area contributed by atoms with Crippen molar-refractivity contribution in [1.82, 2.24) is 4.98 Å². The highest BCUT2D eigenvalue weighted by molar-refractivity contribution is 8.00. The van der Waals surface area contributed by atoms with Crippen molar-refractivity contribution in [3.63, 3.8) is 0 Å². The van der Waals surface area contributed by atoms with Crippen LogP contribution in [0.1, 0.15) is 30.2 Å². The van der Waals surface area contributed by atoms with Crippen molar-refractivity contribution in [2.45, 2.75) is 36.5 Å². The number of hydrogen-bond donors (Lipinski definition) is 1. The fourth-order valence-electron chi connectivity index (χ4n) is 2.76. The van der Waals surface area contributed by atoms with E-state index in [1.807, 2.05) is 13.0 Å². The summed E-state index contributed by atoms with van der Waals surface area (Å²) in [6.45, 7) is 1.82. The largest absolute Gasteiger partial charge is 0.497 e. The Bertz CT molecular complexity index is 828. The molecule has 128 valence electrons. The number of nitriles is 1. The Morgan fingerprint density at radius 3 is 2.80 bits per heavy atom. The first-order chi connectivity index (χ1) is 12.1. The van der Waals surface area contributed by atoms with E-state index in [9.17, 15) is 10.1 Å². The van der Waals surface area contributed by atoms with E-state index in [2.05, 4.69) is 16.4 Å². The van der Waals surface area contributed by atoms with Gasteiger partial charge in [0, 0.05) is 11.4 Å². The number of nitrogens with zero attached hydrogens (tertiary/aromatic N) is 2. The van der Waals surface area contributed by atoms with E-state index in [0.717, 1.165) is 36.3 Å². The van der Waals surface area contributed by atoms with E-state index >= 15 is 0 Å². The number of nitrogens with one attached hydrogen (secondary N) is 1. The van der Waals surface area contributed by atoms with Gasteiger partial charge in [-0.1, -0.05) is 11.8 Å². The molecule has 0 aliphatic heterocycles. The van der Waals surface area contributed by atoms with Crippen molar-refractivity contribution in [3.8, 4) is 11.8 Å². The molecule has 1 N–H and O–H groups in total.